The molecule has 0 aliphatic rings. The molecule has 1 atom stereocenters. The molecule has 1 heterocycles. The monoisotopic (exact) mass is 342 g/mol. The van der Waals surface area contributed by atoms with Gasteiger partial charge in [0.05, 0.1) is 11.1 Å². The van der Waals surface area contributed by atoms with E-state index in [-0.39, 0.29) is 6.61 Å². The van der Waals surface area contributed by atoms with Crippen molar-refractivity contribution in [2.75, 3.05) is 11.9 Å². The van der Waals surface area contributed by atoms with Gasteiger partial charge < -0.3 is 10.1 Å². The average molecular weight is 343 g/mol. The second-order valence-corrected chi connectivity index (χ2v) is 6.23. The lowest BCUT2D eigenvalue weighted by atomic mass is 9.80. The number of nitrogens with zero attached hydrogens (tertiary/aromatic N) is 1. The van der Waals surface area contributed by atoms with Crippen LogP contribution in [0.15, 0.2) is 22.8 Å². The van der Waals surface area contributed by atoms with Gasteiger partial charge in [-0.05, 0) is 40.4 Å². The number of ether oxygens (including phenoxy) is 1. The van der Waals surface area contributed by atoms with Crippen molar-refractivity contribution in [1.29, 1.82) is 0 Å². The molecular weight excluding hydrogens is 324 g/mol. The van der Waals surface area contributed by atoms with E-state index >= 15 is 0 Å². The summed E-state index contributed by atoms with van der Waals surface area (Å²) in [5.74, 6) is -1.45. The summed E-state index contributed by atoms with van der Waals surface area (Å²) in [6.45, 7) is 7.42. The van der Waals surface area contributed by atoms with Crippen molar-refractivity contribution >= 4 is 33.6 Å². The Morgan fingerprint density at radius 3 is 2.60 bits per heavy atom. The Kier molecular flexibility index (Phi) is 5.68. The van der Waals surface area contributed by atoms with Gasteiger partial charge in [0.25, 0.3) is 0 Å². The van der Waals surface area contributed by atoms with Gasteiger partial charge in [0.15, 0.2) is 0 Å². The van der Waals surface area contributed by atoms with Crippen LogP contribution < -0.4 is 5.32 Å². The molecule has 0 aromatic carbocycles. The topological polar surface area (TPSA) is 68.3 Å². The average Bonchev–Trinajstić information content (AvgIpc) is 2.30. The molecule has 0 saturated carbocycles. The third-order valence-electron chi connectivity index (χ3n) is 2.65. The fourth-order valence-electron chi connectivity index (χ4n) is 1.75. The molecule has 1 unspecified atom stereocenters. The Labute approximate surface area is 127 Å². The summed E-state index contributed by atoms with van der Waals surface area (Å²) in [6.07, 6.45) is 1.57. The lowest BCUT2D eigenvalue weighted by Gasteiger charge is -2.27. The first-order valence-corrected chi connectivity index (χ1v) is 7.14. The summed E-state index contributed by atoms with van der Waals surface area (Å²) in [5.41, 5.74) is -0.544. The maximum atomic E-state index is 12.4. The number of pyridine rings is 1. The van der Waals surface area contributed by atoms with Crippen LogP contribution in [0.1, 0.15) is 27.7 Å². The zero-order chi connectivity index (χ0) is 15.3. The van der Waals surface area contributed by atoms with Crippen molar-refractivity contribution < 1.29 is 14.3 Å². The van der Waals surface area contributed by atoms with Crippen molar-refractivity contribution in [2.45, 2.75) is 27.7 Å². The van der Waals surface area contributed by atoms with E-state index in [0.29, 0.717) is 10.3 Å². The number of carbonyl (C=O) groups excluding carboxylic acids is 2. The van der Waals surface area contributed by atoms with Gasteiger partial charge >= 0.3 is 5.97 Å². The van der Waals surface area contributed by atoms with Gasteiger partial charge in [0, 0.05) is 6.20 Å². The molecule has 1 aromatic heterocycles. The van der Waals surface area contributed by atoms with E-state index in [4.69, 9.17) is 4.74 Å². The Hall–Kier alpha value is -1.43. The highest BCUT2D eigenvalue weighted by Crippen LogP contribution is 2.29. The minimum atomic E-state index is -0.892. The molecule has 20 heavy (non-hydrogen) atoms. The number of hydrogen-bond donors (Lipinski definition) is 1. The molecule has 5 nitrogen and oxygen atoms in total. The second kappa shape index (κ2) is 6.83. The number of halogens is 1. The van der Waals surface area contributed by atoms with Gasteiger partial charge in [-0.15, -0.1) is 0 Å². The van der Waals surface area contributed by atoms with Crippen LogP contribution in [0.2, 0.25) is 0 Å². The lowest BCUT2D eigenvalue weighted by Crippen LogP contribution is -2.40. The first-order chi connectivity index (χ1) is 9.27. The molecule has 0 spiro atoms. The number of aromatic nitrogens is 1. The summed E-state index contributed by atoms with van der Waals surface area (Å²) in [7, 11) is 0. The van der Waals surface area contributed by atoms with E-state index in [1.54, 1.807) is 25.3 Å². The predicted octanol–water partition coefficient (Wildman–Crippen LogP) is 3.01. The zero-order valence-electron chi connectivity index (χ0n) is 12.1. The molecule has 6 heteroatoms. The van der Waals surface area contributed by atoms with Crippen molar-refractivity contribution in [2.24, 2.45) is 11.3 Å². The lowest BCUT2D eigenvalue weighted by molar-refractivity contribution is -0.155. The molecule has 0 bridgehead atoms. The number of hydrogen-bond acceptors (Lipinski definition) is 4. The summed E-state index contributed by atoms with van der Waals surface area (Å²) >= 11 is 3.30. The molecule has 1 aromatic rings. The van der Waals surface area contributed by atoms with E-state index in [2.05, 4.69) is 26.2 Å². The number of amides is 1. The third kappa shape index (κ3) is 4.30. The number of nitrogens with one attached hydrogen (secondary N) is 1. The molecule has 0 aliphatic heterocycles. The Balaban J connectivity index is 2.95. The highest BCUT2D eigenvalue weighted by Gasteiger charge is 2.39. The normalized spacial score (nSPS) is 12.7. The highest BCUT2D eigenvalue weighted by molar-refractivity contribution is 9.10. The summed E-state index contributed by atoms with van der Waals surface area (Å²) in [6, 6.07) is 3.51. The predicted molar refractivity (Wildman–Crippen MR) is 80.1 cm³/mol. The van der Waals surface area contributed by atoms with Crippen molar-refractivity contribution in [3.05, 3.63) is 22.8 Å². The van der Waals surface area contributed by atoms with Crippen LogP contribution in [-0.2, 0) is 14.3 Å². The van der Waals surface area contributed by atoms with E-state index in [1.165, 1.54) is 0 Å². The Morgan fingerprint density at radius 2 is 2.10 bits per heavy atom. The number of esters is 1. The van der Waals surface area contributed by atoms with Crippen LogP contribution >= 0.6 is 15.9 Å². The van der Waals surface area contributed by atoms with Crippen LogP contribution in [0.3, 0.4) is 0 Å². The highest BCUT2D eigenvalue weighted by atomic mass is 79.9. The van der Waals surface area contributed by atoms with Crippen LogP contribution in [0, 0.1) is 11.3 Å². The fourth-order valence-corrected chi connectivity index (χ4v) is 2.10. The molecule has 0 fully saturated rings. The Morgan fingerprint density at radius 1 is 1.45 bits per heavy atom. The fraction of sp³-hybridized carbons (Fsp3) is 0.500. The van der Waals surface area contributed by atoms with Gasteiger partial charge in [0.2, 0.25) is 5.91 Å². The van der Waals surface area contributed by atoms with Crippen LogP contribution in [0.5, 0.6) is 0 Å². The van der Waals surface area contributed by atoms with Crippen LogP contribution in [-0.4, -0.2) is 23.5 Å². The number of carbonyl (C=O) groups is 2. The van der Waals surface area contributed by atoms with E-state index in [9.17, 15) is 9.59 Å². The van der Waals surface area contributed by atoms with E-state index < -0.39 is 23.2 Å². The second-order valence-electron chi connectivity index (χ2n) is 5.37. The van der Waals surface area contributed by atoms with Gasteiger partial charge in [-0.1, -0.05) is 20.8 Å². The summed E-state index contributed by atoms with van der Waals surface area (Å²) in [4.78, 5) is 28.4. The smallest absolute Gasteiger partial charge is 0.319 e. The van der Waals surface area contributed by atoms with Crippen LogP contribution in [0.4, 0.5) is 5.82 Å². The van der Waals surface area contributed by atoms with Crippen LogP contribution in [0.25, 0.3) is 0 Å². The molecule has 0 aliphatic carbocycles. The first kappa shape index (κ1) is 16.6. The molecule has 110 valence electrons. The van der Waals surface area contributed by atoms with Crippen molar-refractivity contribution in [3.8, 4) is 0 Å². The number of anilines is 1. The quantitative estimate of drug-likeness (QED) is 0.674. The van der Waals surface area contributed by atoms with E-state index in [1.807, 2.05) is 20.8 Å². The first-order valence-electron chi connectivity index (χ1n) is 6.35. The van der Waals surface area contributed by atoms with Gasteiger partial charge in [-0.3, -0.25) is 9.59 Å². The maximum Gasteiger partial charge on any atom is 0.319 e. The standard InChI is InChI=1S/C14H19BrN2O3/c1-5-20-13(19)10(14(2,3)4)12(18)17-11-9(15)7-6-8-16-11/h6-8,10H,5H2,1-4H3,(H,16,17,18). The summed E-state index contributed by atoms with van der Waals surface area (Å²) < 4.78 is 5.65. The largest absolute Gasteiger partial charge is 0.465 e. The zero-order valence-corrected chi connectivity index (χ0v) is 13.7. The van der Waals surface area contributed by atoms with Gasteiger partial charge in [-0.2, -0.15) is 0 Å². The number of rotatable bonds is 4. The molecule has 1 N–H and O–H groups in total. The van der Waals surface area contributed by atoms with Crippen molar-refractivity contribution in [1.82, 2.24) is 4.98 Å². The summed E-state index contributed by atoms with van der Waals surface area (Å²) in [5, 5.41) is 2.66. The minimum Gasteiger partial charge on any atom is -0.465 e. The van der Waals surface area contributed by atoms with E-state index in [0.717, 1.165) is 0 Å². The van der Waals surface area contributed by atoms with Crippen molar-refractivity contribution in [3.63, 3.8) is 0 Å². The van der Waals surface area contributed by atoms with Gasteiger partial charge in [0.1, 0.15) is 11.7 Å². The van der Waals surface area contributed by atoms with Gasteiger partial charge in [-0.25, -0.2) is 4.98 Å². The Bertz CT molecular complexity index is 497. The molecule has 0 radical (unpaired) electrons. The molecule has 1 amide bonds. The molecular formula is C14H19BrN2O3. The molecule has 0 saturated heterocycles. The maximum absolute atomic E-state index is 12.4. The molecule has 1 rings (SSSR count). The third-order valence-corrected chi connectivity index (χ3v) is 3.29. The minimum absolute atomic E-state index is 0.242. The SMILES string of the molecule is CCOC(=O)C(C(=O)Nc1ncccc1Br)C(C)(C)C.